The quantitative estimate of drug-likeness (QED) is 0.0442. The molecule has 0 aliphatic carbocycles. The van der Waals surface area contributed by atoms with Crippen LogP contribution in [0.4, 0.5) is 125 Å². The Balaban J connectivity index is 0.000000144. The monoisotopic (exact) mass is 1660 g/mol. The summed E-state index contributed by atoms with van der Waals surface area (Å²) in [5.74, 6) is 0.853. The highest BCUT2D eigenvalue weighted by Gasteiger charge is 2.21. The van der Waals surface area contributed by atoms with Gasteiger partial charge in [0, 0.05) is 172 Å². The smallest absolute Gasteiger partial charge is 0.271 e. The van der Waals surface area contributed by atoms with E-state index in [4.69, 9.17) is 10.00 Å². The zero-order chi connectivity index (χ0) is 88.9. The standard InChI is InChI=1S/C28H25N3.C28H28N2O.2C27H25N3O2/c1-21-4-10-26(11-5-21)31(27-12-6-22(2)7-13-27)28-18-16-25(17-19-28)30(3)24-14-8-23(20-29)9-15-24;1-21-8-12-24(13-9-21)30(25-14-10-22(2)11-15-25)26-18-16-23(17-19-26)29(3)27-6-5-7-28(20-27)31-4;1-20-4-8-24(9-5-20)29(25-10-6-21(2)7-11-25)26-16-12-22(13-17-26)28(3)23-14-18-27(19-15-23)30(31)32;1-20-7-11-23(12-8-20)29(24-13-9-21(2)10-14-24)25-17-15-22(16-18-25)28(3)26-5-4-6-27(19-26)30(31)32/h4-19H,1-3H3;5-20H,1-4H3;2*4-19H,1-3H3. The van der Waals surface area contributed by atoms with Gasteiger partial charge < -0.3 is 43.9 Å². The summed E-state index contributed by atoms with van der Waals surface area (Å²) in [5.41, 5.74) is 31.8. The van der Waals surface area contributed by atoms with Crippen molar-refractivity contribution in [1.29, 1.82) is 5.26 Å². The lowest BCUT2D eigenvalue weighted by molar-refractivity contribution is -0.385. The second kappa shape index (κ2) is 41.1. The molecule has 0 saturated carbocycles. The third-order valence-electron chi connectivity index (χ3n) is 22.0. The summed E-state index contributed by atoms with van der Waals surface area (Å²) >= 11 is 0. The average Bonchev–Trinajstić information content (AvgIpc) is 0.811. The Morgan fingerprint density at radius 2 is 0.413 bits per heavy atom. The van der Waals surface area contributed by atoms with Crippen molar-refractivity contribution in [3.05, 3.63) is 459 Å². The van der Waals surface area contributed by atoms with Crippen LogP contribution in [0.1, 0.15) is 50.1 Å². The number of nitro benzene ring substituents is 2. The third kappa shape index (κ3) is 22.2. The summed E-state index contributed by atoms with van der Waals surface area (Å²) in [6, 6.07) is 133. The first kappa shape index (κ1) is 87.8. The van der Waals surface area contributed by atoms with Crippen LogP contribution in [0.5, 0.6) is 5.75 Å². The fourth-order valence-corrected chi connectivity index (χ4v) is 14.4. The number of aryl methyl sites for hydroxylation is 8. The molecular formula is C110H103N11O5. The first-order valence-corrected chi connectivity index (χ1v) is 41.7. The molecule has 0 aliphatic rings. The highest BCUT2D eigenvalue weighted by atomic mass is 16.6. The normalized spacial score (nSPS) is 10.5. The average molecular weight is 1660 g/mol. The molecule has 0 aromatic heterocycles. The van der Waals surface area contributed by atoms with E-state index < -0.39 is 0 Å². The van der Waals surface area contributed by atoms with Crippen molar-refractivity contribution in [2.75, 3.05) is 74.5 Å². The van der Waals surface area contributed by atoms with Gasteiger partial charge >= 0.3 is 0 Å². The second-order valence-electron chi connectivity index (χ2n) is 31.2. The lowest BCUT2D eigenvalue weighted by Crippen LogP contribution is -2.12. The Kier molecular flexibility index (Phi) is 28.6. The second-order valence-corrected chi connectivity index (χ2v) is 31.2. The van der Waals surface area contributed by atoms with Gasteiger partial charge in [0.15, 0.2) is 0 Å². The summed E-state index contributed by atoms with van der Waals surface area (Å²) in [6.07, 6.45) is 0. The molecule has 16 heteroatoms. The van der Waals surface area contributed by atoms with E-state index in [9.17, 15) is 20.2 Å². The minimum absolute atomic E-state index is 0.0795. The first-order chi connectivity index (χ1) is 60.9. The molecule has 0 heterocycles. The molecule has 0 atom stereocenters. The van der Waals surface area contributed by atoms with Crippen molar-refractivity contribution < 1.29 is 14.6 Å². The van der Waals surface area contributed by atoms with Crippen molar-refractivity contribution in [2.24, 2.45) is 0 Å². The van der Waals surface area contributed by atoms with E-state index in [1.165, 1.54) is 62.7 Å². The van der Waals surface area contributed by atoms with Crippen LogP contribution in [0.25, 0.3) is 0 Å². The van der Waals surface area contributed by atoms with Crippen LogP contribution < -0.4 is 43.9 Å². The van der Waals surface area contributed by atoms with Crippen molar-refractivity contribution in [1.82, 2.24) is 0 Å². The van der Waals surface area contributed by atoms with Crippen LogP contribution in [0.3, 0.4) is 0 Å². The molecule has 0 saturated heterocycles. The zero-order valence-corrected chi connectivity index (χ0v) is 73.4. The Hall–Kier alpha value is -16.0. The van der Waals surface area contributed by atoms with Crippen LogP contribution in [-0.4, -0.2) is 45.1 Å². The molecule has 0 unspecified atom stereocenters. The third-order valence-corrected chi connectivity index (χ3v) is 22.0. The molecule has 0 aliphatic heterocycles. The van der Waals surface area contributed by atoms with Gasteiger partial charge in [0.05, 0.1) is 28.6 Å². The highest BCUT2D eigenvalue weighted by molar-refractivity contribution is 5.84. The molecule has 0 amide bonds. The first-order valence-electron chi connectivity index (χ1n) is 41.7. The van der Waals surface area contributed by atoms with E-state index in [0.717, 1.165) is 119 Å². The van der Waals surface area contributed by atoms with Gasteiger partial charge in [-0.05, 0) is 304 Å². The van der Waals surface area contributed by atoms with Crippen molar-refractivity contribution in [3.63, 3.8) is 0 Å². The lowest BCUT2D eigenvalue weighted by Gasteiger charge is -2.27. The number of benzene rings is 16. The number of ether oxygens (including phenoxy) is 1. The number of hydrogen-bond acceptors (Lipinski definition) is 14. The van der Waals surface area contributed by atoms with E-state index in [1.807, 2.05) is 91.6 Å². The Morgan fingerprint density at radius 1 is 0.230 bits per heavy atom. The highest BCUT2D eigenvalue weighted by Crippen LogP contribution is 2.43. The van der Waals surface area contributed by atoms with Gasteiger partial charge in [0.1, 0.15) is 5.75 Å². The maximum absolute atomic E-state index is 11.1. The fraction of sp³-hybridized carbons (Fsp3) is 0.118. The Morgan fingerprint density at radius 3 is 0.627 bits per heavy atom. The largest absolute Gasteiger partial charge is 0.497 e. The molecule has 16 aromatic carbocycles. The van der Waals surface area contributed by atoms with E-state index in [2.05, 4.69) is 383 Å². The predicted octanol–water partition coefficient (Wildman–Crippen LogP) is 29.9. The van der Waals surface area contributed by atoms with E-state index in [0.29, 0.717) is 5.56 Å². The number of nitriles is 1. The minimum Gasteiger partial charge on any atom is -0.497 e. The summed E-state index contributed by atoms with van der Waals surface area (Å²) in [4.78, 5) is 38.5. The zero-order valence-electron chi connectivity index (χ0n) is 73.4. The van der Waals surface area contributed by atoms with Gasteiger partial charge in [0.2, 0.25) is 0 Å². The van der Waals surface area contributed by atoms with Crippen molar-refractivity contribution in [3.8, 4) is 11.8 Å². The van der Waals surface area contributed by atoms with Gasteiger partial charge in [-0.15, -0.1) is 0 Å². The number of nitrogens with zero attached hydrogens (tertiary/aromatic N) is 11. The van der Waals surface area contributed by atoms with Crippen LogP contribution in [0.2, 0.25) is 0 Å². The Labute approximate surface area is 740 Å². The molecule has 16 rings (SSSR count). The van der Waals surface area contributed by atoms with Crippen molar-refractivity contribution in [2.45, 2.75) is 55.4 Å². The molecule has 126 heavy (non-hydrogen) atoms. The van der Waals surface area contributed by atoms with Gasteiger partial charge in [-0.3, -0.25) is 20.2 Å². The van der Waals surface area contributed by atoms with Crippen molar-refractivity contribution >= 4 is 125 Å². The summed E-state index contributed by atoms with van der Waals surface area (Å²) in [5, 5.41) is 31.1. The molecule has 0 spiro atoms. The Bertz CT molecular complexity index is 6120. The van der Waals surface area contributed by atoms with Crippen LogP contribution in [0.15, 0.2) is 388 Å². The van der Waals surface area contributed by atoms with Gasteiger partial charge in [0.25, 0.3) is 11.4 Å². The predicted molar refractivity (Wildman–Crippen MR) is 525 cm³/mol. The van der Waals surface area contributed by atoms with Crippen LogP contribution in [-0.2, 0) is 0 Å². The molecule has 0 radical (unpaired) electrons. The molecule has 0 N–H and O–H groups in total. The molecular weight excluding hydrogens is 1560 g/mol. The maximum atomic E-state index is 11.1. The number of non-ortho nitro benzene ring substituents is 2. The summed E-state index contributed by atoms with van der Waals surface area (Å²) < 4.78 is 5.37. The van der Waals surface area contributed by atoms with E-state index >= 15 is 0 Å². The van der Waals surface area contributed by atoms with E-state index in [1.54, 1.807) is 31.4 Å². The van der Waals surface area contributed by atoms with E-state index in [-0.39, 0.29) is 21.2 Å². The number of anilines is 20. The maximum Gasteiger partial charge on any atom is 0.271 e. The lowest BCUT2D eigenvalue weighted by atomic mass is 10.1. The van der Waals surface area contributed by atoms with Gasteiger partial charge in [-0.25, -0.2) is 0 Å². The molecule has 16 nitrogen and oxygen atoms in total. The molecule has 628 valence electrons. The van der Waals surface area contributed by atoms with Crippen LogP contribution >= 0.6 is 0 Å². The van der Waals surface area contributed by atoms with Gasteiger partial charge in [-0.2, -0.15) is 5.26 Å². The minimum atomic E-state index is -0.386. The fourth-order valence-electron chi connectivity index (χ4n) is 14.4. The SMILES string of the molecule is COc1cccc(N(C)c2ccc(N(c3ccc(C)cc3)c3ccc(C)cc3)cc2)c1.Cc1ccc(N(c2ccc(C)cc2)c2ccc(N(C)c3ccc(C#N)cc3)cc2)cc1.Cc1ccc(N(c2ccc(C)cc2)c2ccc(N(C)c3ccc([N+](=O)[O-])cc3)cc2)cc1.Cc1ccc(N(c2ccc(C)cc2)c2ccc(N(C)c3cccc([N+](=O)[O-])c3)cc2)cc1. The number of nitro groups is 2. The number of methoxy groups -OCH3 is 1. The van der Waals surface area contributed by atoms with Crippen LogP contribution in [0, 0.1) is 86.9 Å². The summed E-state index contributed by atoms with van der Waals surface area (Å²) in [7, 11) is 9.66. The molecule has 16 aromatic rings. The number of rotatable bonds is 23. The summed E-state index contributed by atoms with van der Waals surface area (Å²) in [6.45, 7) is 16.8. The number of hydrogen-bond donors (Lipinski definition) is 0. The topological polar surface area (TPSA) is 145 Å². The molecule has 0 fully saturated rings. The van der Waals surface area contributed by atoms with Gasteiger partial charge in [-0.1, -0.05) is 154 Å². The molecule has 0 bridgehead atoms.